The molecule has 0 unspecified atom stereocenters. The van der Waals surface area contributed by atoms with Crippen LogP contribution in [0.3, 0.4) is 0 Å². The standard InChI is InChI=1S/C15H19NO/c1-4-5-6-13-11(2)16(3)15-8-7-12(10-17)9-14(13)15/h4,7-9,17H,1,5-6,10H2,2-3H3. The first kappa shape index (κ1) is 11.9. The third-order valence-electron chi connectivity index (χ3n) is 3.47. The topological polar surface area (TPSA) is 25.2 Å². The van der Waals surface area contributed by atoms with E-state index in [0.29, 0.717) is 0 Å². The molecule has 1 heterocycles. The van der Waals surface area contributed by atoms with E-state index >= 15 is 0 Å². The number of allylic oxidation sites excluding steroid dienone is 1. The molecule has 0 aliphatic carbocycles. The van der Waals surface area contributed by atoms with Crippen molar-refractivity contribution < 1.29 is 5.11 Å². The first-order valence-electron chi connectivity index (χ1n) is 5.97. The molecule has 0 atom stereocenters. The predicted octanol–water partition coefficient (Wildman–Crippen LogP) is 3.10. The number of aliphatic hydroxyl groups is 1. The van der Waals surface area contributed by atoms with Crippen LogP contribution in [0.1, 0.15) is 23.2 Å². The van der Waals surface area contributed by atoms with Crippen LogP contribution in [0.5, 0.6) is 0 Å². The average Bonchev–Trinajstić information content (AvgIpc) is 2.59. The summed E-state index contributed by atoms with van der Waals surface area (Å²) in [5, 5.41) is 10.5. The number of aryl methyl sites for hydroxylation is 2. The molecule has 0 aliphatic heterocycles. The maximum absolute atomic E-state index is 9.22. The number of hydrogen-bond donors (Lipinski definition) is 1. The Kier molecular flexibility index (Phi) is 3.34. The zero-order valence-corrected chi connectivity index (χ0v) is 10.5. The van der Waals surface area contributed by atoms with Crippen LogP contribution >= 0.6 is 0 Å². The zero-order chi connectivity index (χ0) is 12.4. The molecule has 17 heavy (non-hydrogen) atoms. The summed E-state index contributed by atoms with van der Waals surface area (Å²) >= 11 is 0. The number of aliphatic hydroxyl groups excluding tert-OH is 1. The minimum atomic E-state index is 0.102. The molecule has 0 fully saturated rings. The predicted molar refractivity (Wildman–Crippen MR) is 72.1 cm³/mol. The second-order valence-corrected chi connectivity index (χ2v) is 4.46. The summed E-state index contributed by atoms with van der Waals surface area (Å²) in [5.41, 5.74) is 4.89. The number of nitrogens with zero attached hydrogens (tertiary/aromatic N) is 1. The van der Waals surface area contributed by atoms with E-state index in [0.717, 1.165) is 18.4 Å². The average molecular weight is 229 g/mol. The van der Waals surface area contributed by atoms with Crippen molar-refractivity contribution in [3.8, 4) is 0 Å². The minimum absolute atomic E-state index is 0.102. The SMILES string of the molecule is C=CCCc1c(C)n(C)c2ccc(CO)cc12. The van der Waals surface area contributed by atoms with Crippen LogP contribution in [0.15, 0.2) is 30.9 Å². The van der Waals surface area contributed by atoms with Gasteiger partial charge in [-0.25, -0.2) is 0 Å². The lowest BCUT2D eigenvalue weighted by molar-refractivity contribution is 0.282. The molecule has 0 saturated carbocycles. The molecule has 0 amide bonds. The van der Waals surface area contributed by atoms with Gasteiger partial charge in [-0.05, 0) is 43.0 Å². The molecule has 2 heteroatoms. The van der Waals surface area contributed by atoms with Gasteiger partial charge < -0.3 is 9.67 Å². The van der Waals surface area contributed by atoms with E-state index < -0.39 is 0 Å². The van der Waals surface area contributed by atoms with Gasteiger partial charge in [-0.1, -0.05) is 12.1 Å². The zero-order valence-electron chi connectivity index (χ0n) is 10.5. The lowest BCUT2D eigenvalue weighted by atomic mass is 10.0. The highest BCUT2D eigenvalue weighted by Crippen LogP contribution is 2.27. The van der Waals surface area contributed by atoms with Gasteiger partial charge in [0.05, 0.1) is 6.61 Å². The Morgan fingerprint density at radius 2 is 2.18 bits per heavy atom. The van der Waals surface area contributed by atoms with Gasteiger partial charge in [0, 0.05) is 23.6 Å². The van der Waals surface area contributed by atoms with E-state index in [2.05, 4.69) is 37.3 Å². The van der Waals surface area contributed by atoms with Crippen molar-refractivity contribution >= 4 is 10.9 Å². The molecular formula is C15H19NO. The van der Waals surface area contributed by atoms with Crippen molar-refractivity contribution in [3.63, 3.8) is 0 Å². The number of hydrogen-bond acceptors (Lipinski definition) is 1. The molecule has 2 nitrogen and oxygen atoms in total. The molecule has 0 radical (unpaired) electrons. The van der Waals surface area contributed by atoms with E-state index in [4.69, 9.17) is 0 Å². The molecule has 2 aromatic rings. The highest BCUT2D eigenvalue weighted by molar-refractivity contribution is 5.86. The van der Waals surface area contributed by atoms with Crippen molar-refractivity contribution in [2.75, 3.05) is 0 Å². The molecule has 1 aromatic carbocycles. The van der Waals surface area contributed by atoms with Crippen LogP contribution in [-0.2, 0) is 20.1 Å². The molecule has 0 spiro atoms. The normalized spacial score (nSPS) is 11.0. The van der Waals surface area contributed by atoms with Crippen molar-refractivity contribution in [2.24, 2.45) is 7.05 Å². The Balaban J connectivity index is 2.62. The Bertz CT molecular complexity index is 552. The number of rotatable bonds is 4. The van der Waals surface area contributed by atoms with Crippen LogP contribution in [-0.4, -0.2) is 9.67 Å². The van der Waals surface area contributed by atoms with Crippen LogP contribution < -0.4 is 0 Å². The lowest BCUT2D eigenvalue weighted by Gasteiger charge is -2.00. The van der Waals surface area contributed by atoms with Crippen molar-refractivity contribution in [2.45, 2.75) is 26.4 Å². The van der Waals surface area contributed by atoms with Crippen LogP contribution in [0.4, 0.5) is 0 Å². The van der Waals surface area contributed by atoms with Gasteiger partial charge in [-0.2, -0.15) is 0 Å². The molecule has 0 bridgehead atoms. The molecule has 0 saturated heterocycles. The third kappa shape index (κ3) is 2.01. The lowest BCUT2D eigenvalue weighted by Crippen LogP contribution is -1.92. The molecular weight excluding hydrogens is 210 g/mol. The molecule has 0 aliphatic rings. The number of fused-ring (bicyclic) bond motifs is 1. The first-order valence-corrected chi connectivity index (χ1v) is 5.97. The van der Waals surface area contributed by atoms with Crippen molar-refractivity contribution in [1.29, 1.82) is 0 Å². The van der Waals surface area contributed by atoms with Gasteiger partial charge >= 0.3 is 0 Å². The van der Waals surface area contributed by atoms with E-state index in [1.54, 1.807) is 0 Å². The first-order chi connectivity index (χ1) is 8.19. The summed E-state index contributed by atoms with van der Waals surface area (Å²) < 4.78 is 2.22. The summed E-state index contributed by atoms with van der Waals surface area (Å²) in [4.78, 5) is 0. The Hall–Kier alpha value is -1.54. The van der Waals surface area contributed by atoms with Crippen LogP contribution in [0.2, 0.25) is 0 Å². The van der Waals surface area contributed by atoms with Gasteiger partial charge in [0.25, 0.3) is 0 Å². The Labute approximate surface area is 102 Å². The maximum Gasteiger partial charge on any atom is 0.0682 e. The third-order valence-corrected chi connectivity index (χ3v) is 3.47. The summed E-state index contributed by atoms with van der Waals surface area (Å²) in [7, 11) is 2.09. The monoisotopic (exact) mass is 229 g/mol. The van der Waals surface area contributed by atoms with Crippen molar-refractivity contribution in [3.05, 3.63) is 47.7 Å². The van der Waals surface area contributed by atoms with Gasteiger partial charge in [-0.15, -0.1) is 6.58 Å². The fraction of sp³-hybridized carbons (Fsp3) is 0.333. The van der Waals surface area contributed by atoms with Crippen LogP contribution in [0, 0.1) is 6.92 Å². The summed E-state index contributed by atoms with van der Waals surface area (Å²) in [5.74, 6) is 0. The largest absolute Gasteiger partial charge is 0.392 e. The fourth-order valence-electron chi connectivity index (χ4n) is 2.36. The summed E-state index contributed by atoms with van der Waals surface area (Å²) in [6.07, 6.45) is 3.96. The molecule has 90 valence electrons. The van der Waals surface area contributed by atoms with E-state index in [1.807, 2.05) is 12.1 Å². The second-order valence-electron chi connectivity index (χ2n) is 4.46. The molecule has 1 aromatic heterocycles. The Morgan fingerprint density at radius 1 is 1.41 bits per heavy atom. The number of aromatic nitrogens is 1. The smallest absolute Gasteiger partial charge is 0.0682 e. The van der Waals surface area contributed by atoms with E-state index in [9.17, 15) is 5.11 Å². The Morgan fingerprint density at radius 3 is 2.82 bits per heavy atom. The van der Waals surface area contributed by atoms with Gasteiger partial charge in [0.15, 0.2) is 0 Å². The minimum Gasteiger partial charge on any atom is -0.392 e. The highest BCUT2D eigenvalue weighted by Gasteiger charge is 2.11. The fourth-order valence-corrected chi connectivity index (χ4v) is 2.36. The van der Waals surface area contributed by atoms with E-state index in [-0.39, 0.29) is 6.61 Å². The van der Waals surface area contributed by atoms with Gasteiger partial charge in [0.2, 0.25) is 0 Å². The second kappa shape index (κ2) is 4.76. The molecule has 1 N–H and O–H groups in total. The summed E-state index contributed by atoms with van der Waals surface area (Å²) in [6, 6.07) is 6.17. The highest BCUT2D eigenvalue weighted by atomic mass is 16.3. The van der Waals surface area contributed by atoms with Gasteiger partial charge in [0.1, 0.15) is 0 Å². The van der Waals surface area contributed by atoms with Crippen LogP contribution in [0.25, 0.3) is 10.9 Å². The van der Waals surface area contributed by atoms with Crippen molar-refractivity contribution in [1.82, 2.24) is 4.57 Å². The maximum atomic E-state index is 9.22. The summed E-state index contributed by atoms with van der Waals surface area (Å²) in [6.45, 7) is 6.03. The number of benzene rings is 1. The molecule has 2 rings (SSSR count). The quantitative estimate of drug-likeness (QED) is 0.801. The van der Waals surface area contributed by atoms with E-state index in [1.165, 1.54) is 22.2 Å². The van der Waals surface area contributed by atoms with Gasteiger partial charge in [-0.3, -0.25) is 0 Å².